The summed E-state index contributed by atoms with van der Waals surface area (Å²) in [4.78, 5) is 27.9. The van der Waals surface area contributed by atoms with Crippen molar-refractivity contribution >= 4 is 29.1 Å². The van der Waals surface area contributed by atoms with Crippen molar-refractivity contribution in [2.75, 3.05) is 31.9 Å². The van der Waals surface area contributed by atoms with Crippen molar-refractivity contribution < 1.29 is 9.59 Å². The molecule has 1 aliphatic rings. The van der Waals surface area contributed by atoms with E-state index in [1.165, 1.54) is 0 Å². The van der Waals surface area contributed by atoms with Gasteiger partial charge in [-0.05, 0) is 12.1 Å². The molecule has 1 aromatic rings. The lowest BCUT2D eigenvalue weighted by Gasteiger charge is -2.35. The summed E-state index contributed by atoms with van der Waals surface area (Å²) in [6.45, 7) is 5.91. The van der Waals surface area contributed by atoms with Gasteiger partial charge in [0, 0.05) is 32.1 Å². The van der Waals surface area contributed by atoms with Gasteiger partial charge in [0.25, 0.3) is 5.91 Å². The van der Waals surface area contributed by atoms with Gasteiger partial charge >= 0.3 is 0 Å². The Labute approximate surface area is 129 Å². The minimum Gasteiger partial charge on any atom is -0.398 e. The smallest absolute Gasteiger partial charge is 0.255 e. The van der Waals surface area contributed by atoms with Crippen molar-refractivity contribution in [1.82, 2.24) is 9.80 Å². The molecule has 0 aromatic heterocycles. The first-order valence-electron chi connectivity index (χ1n) is 7.04. The summed E-state index contributed by atoms with van der Waals surface area (Å²) >= 11 is 6.09. The molecule has 0 radical (unpaired) electrons. The Balaban J connectivity index is 2.04. The van der Waals surface area contributed by atoms with Gasteiger partial charge in [0.1, 0.15) is 0 Å². The lowest BCUT2D eigenvalue weighted by Crippen LogP contribution is -2.51. The van der Waals surface area contributed by atoms with Crippen LogP contribution in [0.5, 0.6) is 0 Å². The number of amides is 2. The van der Waals surface area contributed by atoms with E-state index < -0.39 is 0 Å². The Morgan fingerprint density at radius 3 is 2.29 bits per heavy atom. The van der Waals surface area contributed by atoms with Crippen molar-refractivity contribution in [2.24, 2.45) is 5.92 Å². The Kier molecular flexibility index (Phi) is 4.73. The number of nitrogens with zero attached hydrogens (tertiary/aromatic N) is 2. The fourth-order valence-corrected chi connectivity index (χ4v) is 2.59. The molecule has 114 valence electrons. The maximum absolute atomic E-state index is 12.5. The van der Waals surface area contributed by atoms with Crippen molar-refractivity contribution in [3.05, 3.63) is 28.8 Å². The highest BCUT2D eigenvalue weighted by atomic mass is 35.5. The van der Waals surface area contributed by atoms with Gasteiger partial charge in [0.2, 0.25) is 5.91 Å². The second-order valence-corrected chi connectivity index (χ2v) is 5.86. The topological polar surface area (TPSA) is 66.6 Å². The van der Waals surface area contributed by atoms with Crippen LogP contribution in [0.3, 0.4) is 0 Å². The minimum absolute atomic E-state index is 0.0179. The lowest BCUT2D eigenvalue weighted by molar-refractivity contribution is -0.135. The number of halogens is 1. The molecule has 5 nitrogen and oxygen atoms in total. The molecule has 2 rings (SSSR count). The predicted octanol–water partition coefficient (Wildman–Crippen LogP) is 1.86. The molecule has 2 N–H and O–H groups in total. The van der Waals surface area contributed by atoms with Gasteiger partial charge in [0.15, 0.2) is 0 Å². The van der Waals surface area contributed by atoms with Gasteiger partial charge in [0.05, 0.1) is 16.3 Å². The number of nitrogens with two attached hydrogens (primary N) is 1. The molecule has 0 atom stereocenters. The quantitative estimate of drug-likeness (QED) is 0.848. The van der Waals surface area contributed by atoms with Crippen molar-refractivity contribution in [1.29, 1.82) is 0 Å². The summed E-state index contributed by atoms with van der Waals surface area (Å²) in [7, 11) is 0. The molecule has 2 amide bonds. The van der Waals surface area contributed by atoms with Gasteiger partial charge in [-0.2, -0.15) is 0 Å². The Bertz CT molecular complexity index is 552. The molecule has 21 heavy (non-hydrogen) atoms. The first kappa shape index (κ1) is 15.6. The third kappa shape index (κ3) is 3.29. The monoisotopic (exact) mass is 309 g/mol. The molecule has 1 heterocycles. The number of nitrogen functional groups attached to an aromatic ring is 1. The molecule has 0 unspecified atom stereocenters. The van der Waals surface area contributed by atoms with Crippen LogP contribution in [0.15, 0.2) is 18.2 Å². The Morgan fingerprint density at radius 1 is 1.14 bits per heavy atom. The standard InChI is InChI=1S/C15H20ClN3O2/c1-10(2)14(20)18-6-8-19(9-7-18)15(21)11-4-3-5-12(17)13(11)16/h3-5,10H,6-9,17H2,1-2H3. The van der Waals surface area contributed by atoms with Crippen molar-refractivity contribution in [3.63, 3.8) is 0 Å². The largest absolute Gasteiger partial charge is 0.398 e. The van der Waals surface area contributed by atoms with Gasteiger partial charge in [-0.1, -0.05) is 31.5 Å². The molecule has 1 aromatic carbocycles. The minimum atomic E-state index is -0.135. The van der Waals surface area contributed by atoms with Crippen LogP contribution >= 0.6 is 11.6 Å². The van der Waals surface area contributed by atoms with Gasteiger partial charge in [-0.15, -0.1) is 0 Å². The normalized spacial score (nSPS) is 15.4. The summed E-state index contributed by atoms with van der Waals surface area (Å²) in [5.41, 5.74) is 6.54. The van der Waals surface area contributed by atoms with Crippen LogP contribution in [0.2, 0.25) is 5.02 Å². The van der Waals surface area contributed by atoms with Crippen LogP contribution in [-0.2, 0) is 4.79 Å². The highest BCUT2D eigenvalue weighted by Crippen LogP contribution is 2.24. The van der Waals surface area contributed by atoms with E-state index in [9.17, 15) is 9.59 Å². The Hall–Kier alpha value is -1.75. The van der Waals surface area contributed by atoms with E-state index in [-0.39, 0.29) is 17.7 Å². The second-order valence-electron chi connectivity index (χ2n) is 5.48. The molecule has 0 aliphatic carbocycles. The summed E-state index contributed by atoms with van der Waals surface area (Å²) in [5, 5.41) is 0.295. The summed E-state index contributed by atoms with van der Waals surface area (Å²) in [6.07, 6.45) is 0. The molecular formula is C15H20ClN3O2. The molecule has 1 saturated heterocycles. The van der Waals surface area contributed by atoms with Crippen LogP contribution < -0.4 is 5.73 Å². The zero-order valence-electron chi connectivity index (χ0n) is 12.3. The maximum atomic E-state index is 12.5. The number of benzene rings is 1. The van der Waals surface area contributed by atoms with Gasteiger partial charge < -0.3 is 15.5 Å². The number of rotatable bonds is 2. The van der Waals surface area contributed by atoms with E-state index in [0.717, 1.165) is 0 Å². The average Bonchev–Trinajstić information content (AvgIpc) is 2.48. The van der Waals surface area contributed by atoms with Crippen LogP contribution in [-0.4, -0.2) is 47.8 Å². The van der Waals surface area contributed by atoms with Crippen molar-refractivity contribution in [3.8, 4) is 0 Å². The van der Waals surface area contributed by atoms with E-state index in [2.05, 4.69) is 0 Å². The van der Waals surface area contributed by atoms with Crippen LogP contribution in [0.25, 0.3) is 0 Å². The third-order valence-electron chi connectivity index (χ3n) is 3.63. The highest BCUT2D eigenvalue weighted by molar-refractivity contribution is 6.36. The fraction of sp³-hybridized carbons (Fsp3) is 0.467. The number of hydrogen-bond acceptors (Lipinski definition) is 3. The lowest BCUT2D eigenvalue weighted by atomic mass is 10.1. The maximum Gasteiger partial charge on any atom is 0.255 e. The zero-order valence-corrected chi connectivity index (χ0v) is 13.1. The van der Waals surface area contributed by atoms with E-state index in [1.807, 2.05) is 13.8 Å². The molecule has 0 spiro atoms. The first-order chi connectivity index (χ1) is 9.91. The van der Waals surface area contributed by atoms with Crippen LogP contribution in [0, 0.1) is 5.92 Å². The van der Waals surface area contributed by atoms with Crippen LogP contribution in [0.1, 0.15) is 24.2 Å². The molecular weight excluding hydrogens is 290 g/mol. The first-order valence-corrected chi connectivity index (χ1v) is 7.41. The zero-order chi connectivity index (χ0) is 15.6. The number of hydrogen-bond donors (Lipinski definition) is 1. The summed E-state index contributed by atoms with van der Waals surface area (Å²) in [5.74, 6) is -0.0244. The number of piperazine rings is 1. The summed E-state index contributed by atoms with van der Waals surface area (Å²) in [6, 6.07) is 5.05. The van der Waals surface area contributed by atoms with Gasteiger partial charge in [-0.3, -0.25) is 9.59 Å². The molecule has 1 fully saturated rings. The SMILES string of the molecule is CC(C)C(=O)N1CCN(C(=O)c2cccc(N)c2Cl)CC1. The number of carbonyl (C=O) groups excluding carboxylic acids is 2. The number of anilines is 1. The molecule has 6 heteroatoms. The van der Waals surface area contributed by atoms with Crippen LogP contribution in [0.4, 0.5) is 5.69 Å². The summed E-state index contributed by atoms with van der Waals surface area (Å²) < 4.78 is 0. The molecule has 0 saturated carbocycles. The molecule has 0 bridgehead atoms. The average molecular weight is 310 g/mol. The van der Waals surface area contributed by atoms with Gasteiger partial charge in [-0.25, -0.2) is 0 Å². The molecule has 1 aliphatic heterocycles. The fourth-order valence-electron chi connectivity index (χ4n) is 2.38. The highest BCUT2D eigenvalue weighted by Gasteiger charge is 2.27. The van der Waals surface area contributed by atoms with E-state index in [4.69, 9.17) is 17.3 Å². The van der Waals surface area contributed by atoms with Crippen molar-refractivity contribution in [2.45, 2.75) is 13.8 Å². The Morgan fingerprint density at radius 2 is 1.71 bits per heavy atom. The number of carbonyl (C=O) groups is 2. The third-order valence-corrected chi connectivity index (χ3v) is 4.05. The van der Waals surface area contributed by atoms with E-state index in [0.29, 0.717) is 42.5 Å². The predicted molar refractivity (Wildman–Crippen MR) is 83.2 cm³/mol. The second kappa shape index (κ2) is 6.35. The van der Waals surface area contributed by atoms with E-state index >= 15 is 0 Å². The van der Waals surface area contributed by atoms with E-state index in [1.54, 1.807) is 28.0 Å².